The summed E-state index contributed by atoms with van der Waals surface area (Å²) < 4.78 is 25.9. The van der Waals surface area contributed by atoms with E-state index >= 15 is 0 Å². The lowest BCUT2D eigenvalue weighted by atomic mass is 10.2. The fourth-order valence-corrected chi connectivity index (χ4v) is 3.32. The largest absolute Gasteiger partial charge is 0.243 e. The highest BCUT2D eigenvalue weighted by atomic mass is 35.5. The lowest BCUT2D eigenvalue weighted by molar-refractivity contribution is 0.384. The summed E-state index contributed by atoms with van der Waals surface area (Å²) in [5.41, 5.74) is 0. The molecular formula is C11H13ClNO2S. The summed E-state index contributed by atoms with van der Waals surface area (Å²) in [5.74, 6) is 0. The lowest BCUT2D eigenvalue weighted by Crippen LogP contribution is -2.35. The number of halogens is 1. The van der Waals surface area contributed by atoms with Crippen molar-refractivity contribution >= 4 is 21.6 Å². The molecule has 1 heterocycles. The maximum atomic E-state index is 12.2. The first-order valence-corrected chi connectivity index (χ1v) is 7.00. The Morgan fingerprint density at radius 2 is 1.62 bits per heavy atom. The minimum absolute atomic E-state index is 0.318. The van der Waals surface area contributed by atoms with Crippen LogP contribution >= 0.6 is 11.6 Å². The Labute approximate surface area is 101 Å². The molecule has 0 unspecified atom stereocenters. The van der Waals surface area contributed by atoms with Gasteiger partial charge in [-0.2, -0.15) is 4.31 Å². The molecule has 0 aromatic heterocycles. The fraction of sp³-hybridized carbons (Fsp3) is 0.364. The van der Waals surface area contributed by atoms with Crippen molar-refractivity contribution in [2.45, 2.75) is 17.7 Å². The molecule has 2 rings (SSSR count). The van der Waals surface area contributed by atoms with Gasteiger partial charge in [0.05, 0.1) is 4.90 Å². The van der Waals surface area contributed by atoms with Crippen LogP contribution in [0.1, 0.15) is 12.8 Å². The molecule has 0 saturated carbocycles. The van der Waals surface area contributed by atoms with Crippen molar-refractivity contribution in [3.05, 3.63) is 35.7 Å². The highest BCUT2D eigenvalue weighted by Crippen LogP contribution is 2.21. The standard InChI is InChI=1S/C11H13ClNO2S/c12-10-4-6-11(7-5-10)16(14,15)13-8-2-1-3-9-13/h1,4-7H,2-3,8-9H2. The SMILES string of the molecule is O=S(=O)(c1ccc(Cl)cc1)N1CC[CH]CC1. The first-order valence-electron chi connectivity index (χ1n) is 5.18. The van der Waals surface area contributed by atoms with Gasteiger partial charge in [-0.15, -0.1) is 0 Å². The molecule has 1 aromatic carbocycles. The number of piperidine rings is 1. The van der Waals surface area contributed by atoms with Crippen molar-refractivity contribution in [3.63, 3.8) is 0 Å². The Kier molecular flexibility index (Phi) is 3.52. The van der Waals surface area contributed by atoms with E-state index in [1.807, 2.05) is 0 Å². The third kappa shape index (κ3) is 2.39. The number of sulfonamides is 1. The van der Waals surface area contributed by atoms with Crippen molar-refractivity contribution in [2.24, 2.45) is 0 Å². The molecule has 0 N–H and O–H groups in total. The highest BCUT2D eigenvalue weighted by Gasteiger charge is 2.25. The van der Waals surface area contributed by atoms with E-state index in [4.69, 9.17) is 11.6 Å². The van der Waals surface area contributed by atoms with Crippen LogP contribution in [0.15, 0.2) is 29.2 Å². The van der Waals surface area contributed by atoms with Crippen LogP contribution in [0.3, 0.4) is 0 Å². The smallest absolute Gasteiger partial charge is 0.207 e. The summed E-state index contributed by atoms with van der Waals surface area (Å²) in [7, 11) is -3.32. The van der Waals surface area contributed by atoms with Crippen molar-refractivity contribution < 1.29 is 8.42 Å². The molecule has 1 radical (unpaired) electrons. The molecule has 1 fully saturated rings. The predicted molar refractivity (Wildman–Crippen MR) is 63.7 cm³/mol. The number of benzene rings is 1. The van der Waals surface area contributed by atoms with E-state index < -0.39 is 10.0 Å². The third-order valence-corrected chi connectivity index (χ3v) is 4.78. The van der Waals surface area contributed by atoms with Gasteiger partial charge in [-0.05, 0) is 43.5 Å². The lowest BCUT2D eigenvalue weighted by Gasteiger charge is -2.25. The van der Waals surface area contributed by atoms with E-state index in [0.29, 0.717) is 23.0 Å². The van der Waals surface area contributed by atoms with Crippen LogP contribution in [0.25, 0.3) is 0 Å². The molecular weight excluding hydrogens is 246 g/mol. The predicted octanol–water partition coefficient (Wildman–Crippen LogP) is 2.33. The Bertz CT molecular complexity index is 449. The van der Waals surface area contributed by atoms with Crippen LogP contribution in [0.4, 0.5) is 0 Å². The van der Waals surface area contributed by atoms with Crippen molar-refractivity contribution in [3.8, 4) is 0 Å². The molecule has 1 aromatic rings. The van der Waals surface area contributed by atoms with Crippen LogP contribution in [-0.2, 0) is 10.0 Å². The van der Waals surface area contributed by atoms with Gasteiger partial charge in [0.2, 0.25) is 10.0 Å². The Morgan fingerprint density at radius 3 is 2.19 bits per heavy atom. The van der Waals surface area contributed by atoms with Crippen LogP contribution in [-0.4, -0.2) is 25.8 Å². The average molecular weight is 259 g/mol. The number of hydrogen-bond acceptors (Lipinski definition) is 2. The molecule has 3 nitrogen and oxygen atoms in total. The van der Waals surface area contributed by atoms with Crippen LogP contribution in [0.5, 0.6) is 0 Å². The molecule has 0 bridgehead atoms. The van der Waals surface area contributed by atoms with E-state index in [0.717, 1.165) is 12.8 Å². The van der Waals surface area contributed by atoms with Gasteiger partial charge in [0.1, 0.15) is 0 Å². The monoisotopic (exact) mass is 258 g/mol. The first kappa shape index (κ1) is 11.9. The second-order valence-corrected chi connectivity index (χ2v) is 6.10. The molecule has 16 heavy (non-hydrogen) atoms. The zero-order chi connectivity index (χ0) is 11.6. The second kappa shape index (κ2) is 4.73. The van der Waals surface area contributed by atoms with Crippen LogP contribution in [0, 0.1) is 6.42 Å². The maximum Gasteiger partial charge on any atom is 0.243 e. The van der Waals surface area contributed by atoms with Gasteiger partial charge < -0.3 is 0 Å². The van der Waals surface area contributed by atoms with Crippen LogP contribution in [0.2, 0.25) is 5.02 Å². The molecule has 1 aliphatic rings. The van der Waals surface area contributed by atoms with Crippen LogP contribution < -0.4 is 0 Å². The van der Waals surface area contributed by atoms with Crippen molar-refractivity contribution in [2.75, 3.05) is 13.1 Å². The van der Waals surface area contributed by atoms with Gasteiger partial charge in [0.25, 0.3) is 0 Å². The minimum Gasteiger partial charge on any atom is -0.207 e. The Hall–Kier alpha value is -0.580. The topological polar surface area (TPSA) is 37.4 Å². The molecule has 1 saturated heterocycles. The summed E-state index contributed by atoms with van der Waals surface area (Å²) >= 11 is 5.73. The summed E-state index contributed by atoms with van der Waals surface area (Å²) in [6, 6.07) is 6.31. The third-order valence-electron chi connectivity index (χ3n) is 2.62. The van der Waals surface area contributed by atoms with Crippen molar-refractivity contribution in [1.29, 1.82) is 0 Å². The van der Waals surface area contributed by atoms with Crippen molar-refractivity contribution in [1.82, 2.24) is 4.31 Å². The highest BCUT2D eigenvalue weighted by molar-refractivity contribution is 7.89. The molecule has 5 heteroatoms. The molecule has 87 valence electrons. The molecule has 0 amide bonds. The fourth-order valence-electron chi connectivity index (χ4n) is 1.72. The maximum absolute atomic E-state index is 12.2. The van der Waals surface area contributed by atoms with Gasteiger partial charge in [0.15, 0.2) is 0 Å². The quantitative estimate of drug-likeness (QED) is 0.817. The second-order valence-electron chi connectivity index (χ2n) is 3.72. The zero-order valence-corrected chi connectivity index (χ0v) is 10.3. The van der Waals surface area contributed by atoms with Gasteiger partial charge in [-0.25, -0.2) is 8.42 Å². The van der Waals surface area contributed by atoms with E-state index in [1.54, 1.807) is 24.3 Å². The number of nitrogens with zero attached hydrogens (tertiary/aromatic N) is 1. The molecule has 0 aliphatic carbocycles. The Balaban J connectivity index is 2.27. The average Bonchev–Trinajstić information content (AvgIpc) is 2.31. The van der Waals surface area contributed by atoms with Gasteiger partial charge in [-0.3, -0.25) is 0 Å². The zero-order valence-electron chi connectivity index (χ0n) is 8.77. The molecule has 1 aliphatic heterocycles. The van der Waals surface area contributed by atoms with Gasteiger partial charge in [-0.1, -0.05) is 11.6 Å². The minimum atomic E-state index is -3.32. The summed E-state index contributed by atoms with van der Waals surface area (Å²) in [5, 5.41) is 0.547. The van der Waals surface area contributed by atoms with Gasteiger partial charge >= 0.3 is 0 Å². The Morgan fingerprint density at radius 1 is 1.06 bits per heavy atom. The van der Waals surface area contributed by atoms with E-state index in [-0.39, 0.29) is 0 Å². The summed E-state index contributed by atoms with van der Waals surface area (Å²) in [6.45, 7) is 1.15. The molecule has 0 spiro atoms. The van der Waals surface area contributed by atoms with E-state index in [2.05, 4.69) is 6.42 Å². The normalized spacial score (nSPS) is 18.6. The summed E-state index contributed by atoms with van der Waals surface area (Å²) in [4.78, 5) is 0.318. The number of hydrogen-bond donors (Lipinski definition) is 0. The summed E-state index contributed by atoms with van der Waals surface area (Å²) in [6.07, 6.45) is 3.77. The number of rotatable bonds is 2. The van der Waals surface area contributed by atoms with Gasteiger partial charge in [0, 0.05) is 18.1 Å². The van der Waals surface area contributed by atoms with E-state index in [1.165, 1.54) is 4.31 Å². The first-order chi connectivity index (χ1) is 7.60. The van der Waals surface area contributed by atoms with E-state index in [9.17, 15) is 8.42 Å². The molecule has 0 atom stereocenters.